The van der Waals surface area contributed by atoms with Crippen LogP contribution in [0.5, 0.6) is 5.75 Å². The van der Waals surface area contributed by atoms with E-state index < -0.39 is 5.41 Å². The molecule has 1 N–H and O–H groups in total. The molecule has 2 amide bonds. The Hall–Kier alpha value is -3.94. The number of hydrogen-bond acceptors (Lipinski definition) is 6. The van der Waals surface area contributed by atoms with Crippen molar-refractivity contribution in [2.45, 2.75) is 18.3 Å². The molecule has 1 aliphatic rings. The largest absolute Gasteiger partial charge is 0.497 e. The summed E-state index contributed by atoms with van der Waals surface area (Å²) in [5, 5.41) is 3.24. The predicted octanol–water partition coefficient (Wildman–Crippen LogP) is 3.49. The number of amides is 2. The van der Waals surface area contributed by atoms with Crippen molar-refractivity contribution in [3.8, 4) is 5.75 Å². The maximum absolute atomic E-state index is 13.7. The molecule has 34 heavy (non-hydrogen) atoms. The number of aromatic nitrogens is 2. The molecule has 0 aliphatic carbocycles. The summed E-state index contributed by atoms with van der Waals surface area (Å²) >= 11 is 0. The molecule has 0 bridgehead atoms. The fraction of sp³-hybridized carbons (Fsp3) is 0.308. The lowest BCUT2D eigenvalue weighted by molar-refractivity contribution is -0.136. The molecule has 0 unspecified atom stereocenters. The fourth-order valence-corrected chi connectivity index (χ4v) is 4.45. The maximum atomic E-state index is 13.7. The van der Waals surface area contributed by atoms with E-state index in [-0.39, 0.29) is 18.4 Å². The zero-order chi connectivity index (χ0) is 24.1. The van der Waals surface area contributed by atoms with Crippen LogP contribution in [0.2, 0.25) is 0 Å². The Morgan fingerprint density at radius 1 is 1.03 bits per heavy atom. The summed E-state index contributed by atoms with van der Waals surface area (Å²) in [5.74, 6) is 0.986. The van der Waals surface area contributed by atoms with Gasteiger partial charge in [0.1, 0.15) is 17.0 Å². The van der Waals surface area contributed by atoms with Crippen molar-refractivity contribution in [1.82, 2.24) is 19.8 Å². The molecular weight excluding hydrogens is 430 g/mol. The van der Waals surface area contributed by atoms with Gasteiger partial charge in [0.15, 0.2) is 0 Å². The van der Waals surface area contributed by atoms with Crippen LogP contribution in [0, 0.1) is 0 Å². The summed E-state index contributed by atoms with van der Waals surface area (Å²) in [6.45, 7) is 0.821. The highest BCUT2D eigenvalue weighted by Crippen LogP contribution is 2.35. The Labute approximate surface area is 199 Å². The van der Waals surface area contributed by atoms with Crippen molar-refractivity contribution in [3.05, 3.63) is 78.2 Å². The van der Waals surface area contributed by atoms with E-state index in [4.69, 9.17) is 4.74 Å². The Bertz CT molecular complexity index is 1150. The first kappa shape index (κ1) is 23.2. The highest BCUT2D eigenvalue weighted by Gasteiger charge is 2.47. The van der Waals surface area contributed by atoms with Gasteiger partial charge in [-0.05, 0) is 61.4 Å². The van der Waals surface area contributed by atoms with Gasteiger partial charge in [0, 0.05) is 45.3 Å². The quantitative estimate of drug-likeness (QED) is 0.607. The minimum Gasteiger partial charge on any atom is -0.497 e. The average molecular weight is 460 g/mol. The number of likely N-dealkylation sites (N-methyl/N-ethyl adjacent to an activating group) is 1. The molecule has 2 aromatic heterocycles. The standard InChI is InChI=1S/C26H29N5O3/c1-30(2)25(33)26(22-9-4-5-15-27-22)14-7-17-31(18-26)24(32)21-8-6-16-28-23(21)29-19-10-12-20(34-3)13-11-19/h4-6,8-13,15-16H,7,14,17-18H2,1-3H3,(H,28,29)/t26-/m1/s1. The Kier molecular flexibility index (Phi) is 6.77. The third-order valence-electron chi connectivity index (χ3n) is 6.14. The lowest BCUT2D eigenvalue weighted by Gasteiger charge is -2.42. The Balaban J connectivity index is 1.63. The highest BCUT2D eigenvalue weighted by molar-refractivity contribution is 6.00. The molecule has 0 radical (unpaired) electrons. The number of nitrogens with one attached hydrogen (secondary N) is 1. The zero-order valence-electron chi connectivity index (χ0n) is 19.7. The van der Waals surface area contributed by atoms with Gasteiger partial charge in [0.2, 0.25) is 5.91 Å². The number of methoxy groups -OCH3 is 1. The molecule has 3 aromatic rings. The number of anilines is 2. The van der Waals surface area contributed by atoms with Crippen LogP contribution in [0.15, 0.2) is 67.0 Å². The number of carbonyl (C=O) groups is 2. The Morgan fingerprint density at radius 2 is 1.79 bits per heavy atom. The molecule has 3 heterocycles. The van der Waals surface area contributed by atoms with Crippen LogP contribution in [-0.4, -0.2) is 65.9 Å². The molecule has 176 valence electrons. The topological polar surface area (TPSA) is 87.7 Å². The average Bonchev–Trinajstić information content (AvgIpc) is 2.89. The van der Waals surface area contributed by atoms with Crippen molar-refractivity contribution in [2.24, 2.45) is 0 Å². The van der Waals surface area contributed by atoms with Crippen LogP contribution < -0.4 is 10.1 Å². The number of benzene rings is 1. The first-order valence-corrected chi connectivity index (χ1v) is 11.2. The summed E-state index contributed by atoms with van der Waals surface area (Å²) in [6, 6.07) is 16.5. The van der Waals surface area contributed by atoms with E-state index >= 15 is 0 Å². The minimum atomic E-state index is -0.884. The third kappa shape index (κ3) is 4.57. The monoisotopic (exact) mass is 459 g/mol. The molecule has 4 rings (SSSR count). The molecule has 0 spiro atoms. The van der Waals surface area contributed by atoms with Gasteiger partial charge in [-0.3, -0.25) is 14.6 Å². The van der Waals surface area contributed by atoms with Crippen LogP contribution in [0.1, 0.15) is 28.9 Å². The summed E-state index contributed by atoms with van der Waals surface area (Å²) in [5.41, 5.74) is 1.05. The lowest BCUT2D eigenvalue weighted by Crippen LogP contribution is -2.56. The highest BCUT2D eigenvalue weighted by atomic mass is 16.5. The van der Waals surface area contributed by atoms with E-state index in [9.17, 15) is 9.59 Å². The van der Waals surface area contributed by atoms with Crippen LogP contribution >= 0.6 is 0 Å². The number of likely N-dealkylation sites (tertiary alicyclic amines) is 1. The van der Waals surface area contributed by atoms with Crippen molar-refractivity contribution in [2.75, 3.05) is 39.6 Å². The van der Waals surface area contributed by atoms with Crippen molar-refractivity contribution < 1.29 is 14.3 Å². The molecule has 8 heteroatoms. The number of ether oxygens (including phenoxy) is 1. The van der Waals surface area contributed by atoms with Gasteiger partial charge >= 0.3 is 0 Å². The van der Waals surface area contributed by atoms with Gasteiger partial charge in [-0.1, -0.05) is 6.07 Å². The van der Waals surface area contributed by atoms with Gasteiger partial charge < -0.3 is 19.9 Å². The second-order valence-corrected chi connectivity index (χ2v) is 8.58. The van der Waals surface area contributed by atoms with Crippen LogP contribution in [0.25, 0.3) is 0 Å². The summed E-state index contributed by atoms with van der Waals surface area (Å²) < 4.78 is 5.21. The number of carbonyl (C=O) groups excluding carboxylic acids is 2. The molecule has 1 fully saturated rings. The van der Waals surface area contributed by atoms with Gasteiger partial charge in [0.05, 0.1) is 18.4 Å². The number of rotatable bonds is 6. The van der Waals surface area contributed by atoms with Crippen molar-refractivity contribution in [3.63, 3.8) is 0 Å². The Morgan fingerprint density at radius 3 is 2.47 bits per heavy atom. The van der Waals surface area contributed by atoms with Gasteiger partial charge in [-0.2, -0.15) is 0 Å². The predicted molar refractivity (Wildman–Crippen MR) is 130 cm³/mol. The summed E-state index contributed by atoms with van der Waals surface area (Å²) in [4.78, 5) is 39.4. The normalized spacial score (nSPS) is 17.7. The van der Waals surface area contributed by atoms with Gasteiger partial charge in [0.25, 0.3) is 5.91 Å². The molecule has 1 atom stereocenters. The first-order chi connectivity index (χ1) is 16.4. The van der Waals surface area contributed by atoms with E-state index in [0.717, 1.165) is 11.4 Å². The third-order valence-corrected chi connectivity index (χ3v) is 6.14. The van der Waals surface area contributed by atoms with E-state index in [2.05, 4.69) is 15.3 Å². The molecular formula is C26H29N5O3. The molecule has 1 saturated heterocycles. The van der Waals surface area contributed by atoms with Crippen molar-refractivity contribution >= 4 is 23.3 Å². The van der Waals surface area contributed by atoms with E-state index in [0.29, 0.717) is 36.5 Å². The number of piperidine rings is 1. The van der Waals surface area contributed by atoms with Gasteiger partial charge in [-0.25, -0.2) is 4.98 Å². The summed E-state index contributed by atoms with van der Waals surface area (Å²) in [7, 11) is 5.10. The van der Waals surface area contributed by atoms with Gasteiger partial charge in [-0.15, -0.1) is 0 Å². The number of hydrogen-bond donors (Lipinski definition) is 1. The second kappa shape index (κ2) is 9.91. The second-order valence-electron chi connectivity index (χ2n) is 8.58. The smallest absolute Gasteiger partial charge is 0.257 e. The zero-order valence-corrected chi connectivity index (χ0v) is 19.7. The minimum absolute atomic E-state index is 0.0496. The molecule has 8 nitrogen and oxygen atoms in total. The first-order valence-electron chi connectivity index (χ1n) is 11.2. The number of nitrogens with zero attached hydrogens (tertiary/aromatic N) is 4. The van der Waals surface area contributed by atoms with Crippen LogP contribution in [-0.2, 0) is 10.2 Å². The van der Waals surface area contributed by atoms with E-state index in [1.54, 1.807) is 55.5 Å². The molecule has 0 saturated carbocycles. The van der Waals surface area contributed by atoms with E-state index in [1.807, 2.05) is 42.5 Å². The lowest BCUT2D eigenvalue weighted by atomic mass is 9.75. The summed E-state index contributed by atoms with van der Waals surface area (Å²) in [6.07, 6.45) is 4.67. The number of pyridine rings is 2. The van der Waals surface area contributed by atoms with Crippen LogP contribution in [0.4, 0.5) is 11.5 Å². The fourth-order valence-electron chi connectivity index (χ4n) is 4.45. The van der Waals surface area contributed by atoms with E-state index in [1.165, 1.54) is 0 Å². The molecule has 1 aromatic carbocycles. The van der Waals surface area contributed by atoms with Crippen LogP contribution in [0.3, 0.4) is 0 Å². The van der Waals surface area contributed by atoms with Crippen molar-refractivity contribution in [1.29, 1.82) is 0 Å². The SMILES string of the molecule is COc1ccc(Nc2ncccc2C(=O)N2CCC[C@](C(=O)N(C)C)(c3ccccn3)C2)cc1. The maximum Gasteiger partial charge on any atom is 0.257 e. The molecule has 1 aliphatic heterocycles.